The minimum atomic E-state index is -3.99. The maximum Gasteiger partial charge on any atom is 0.263 e. The number of rotatable bonds is 6. The number of hydrogen-bond acceptors (Lipinski definition) is 6. The van der Waals surface area contributed by atoms with Crippen molar-refractivity contribution in [2.24, 2.45) is 10.1 Å². The van der Waals surface area contributed by atoms with Crippen LogP contribution in [0.4, 0.5) is 4.39 Å². The zero-order valence-corrected chi connectivity index (χ0v) is 18.2. The lowest BCUT2D eigenvalue weighted by Crippen LogP contribution is -2.21. The molecule has 12 heteroatoms. The monoisotopic (exact) mass is 471 g/mol. The second-order valence-corrected chi connectivity index (χ2v) is 11.0. The van der Waals surface area contributed by atoms with E-state index < -0.39 is 37.3 Å². The number of sulfone groups is 1. The minimum absolute atomic E-state index is 0.0725. The smallest absolute Gasteiger partial charge is 0.263 e. The molecule has 2 N–H and O–H groups in total. The molecule has 0 spiro atoms. The van der Waals surface area contributed by atoms with Crippen molar-refractivity contribution >= 4 is 47.3 Å². The van der Waals surface area contributed by atoms with Gasteiger partial charge in [-0.2, -0.15) is 4.99 Å². The molecule has 2 aromatic carbocycles. The Morgan fingerprint density at radius 3 is 2.33 bits per heavy atom. The van der Waals surface area contributed by atoms with E-state index in [0.717, 1.165) is 35.6 Å². The fraction of sp³-hybridized carbons (Fsp3) is 0.222. The molecule has 0 fully saturated rings. The van der Waals surface area contributed by atoms with E-state index in [0.29, 0.717) is 23.2 Å². The highest BCUT2D eigenvalue weighted by molar-refractivity contribution is 7.92. The number of fused-ring (bicyclic) bond motifs is 1. The molecule has 3 rings (SSSR count). The molecule has 160 valence electrons. The summed E-state index contributed by atoms with van der Waals surface area (Å²) >= 11 is 1.06. The Morgan fingerprint density at radius 1 is 1.10 bits per heavy atom. The summed E-state index contributed by atoms with van der Waals surface area (Å²) in [5, 5.41) is 5.17. The number of aryl methyl sites for hydroxylation is 1. The molecule has 0 bridgehead atoms. The van der Waals surface area contributed by atoms with Crippen molar-refractivity contribution in [1.82, 2.24) is 4.57 Å². The van der Waals surface area contributed by atoms with Crippen LogP contribution in [-0.4, -0.2) is 33.1 Å². The van der Waals surface area contributed by atoms with E-state index in [-0.39, 0.29) is 14.6 Å². The van der Waals surface area contributed by atoms with Gasteiger partial charge in [0.25, 0.3) is 5.91 Å². The van der Waals surface area contributed by atoms with E-state index in [9.17, 15) is 26.0 Å². The predicted octanol–water partition coefficient (Wildman–Crippen LogP) is 1.80. The molecule has 0 aliphatic heterocycles. The molecule has 3 aromatic rings. The first kappa shape index (κ1) is 22.3. The zero-order chi connectivity index (χ0) is 22.1. The number of carbonyl (C=O) groups excluding carboxylic acids is 1. The number of nitrogens with two attached hydrogens (primary N) is 1. The van der Waals surface area contributed by atoms with Crippen molar-refractivity contribution in [2.75, 3.05) is 5.75 Å². The maximum atomic E-state index is 13.0. The summed E-state index contributed by atoms with van der Waals surface area (Å²) in [6, 6.07) is 8.49. The zero-order valence-electron chi connectivity index (χ0n) is 15.8. The number of nitrogens with zero attached hydrogens (tertiary/aromatic N) is 2. The summed E-state index contributed by atoms with van der Waals surface area (Å²) in [5.74, 6) is -2.35. The Kier molecular flexibility index (Phi) is 6.22. The molecule has 0 saturated heterocycles. The van der Waals surface area contributed by atoms with Gasteiger partial charge in [-0.05, 0) is 48.9 Å². The highest BCUT2D eigenvalue weighted by Crippen LogP contribution is 2.21. The van der Waals surface area contributed by atoms with Crippen LogP contribution in [0, 0.1) is 5.82 Å². The molecule has 0 aliphatic rings. The van der Waals surface area contributed by atoms with E-state index >= 15 is 0 Å². The Bertz CT molecular complexity index is 1390. The van der Waals surface area contributed by atoms with Gasteiger partial charge in [-0.25, -0.2) is 26.4 Å². The number of carbonyl (C=O) groups is 1. The van der Waals surface area contributed by atoms with E-state index in [4.69, 9.17) is 5.14 Å². The van der Waals surface area contributed by atoms with E-state index in [1.54, 1.807) is 10.6 Å². The van der Waals surface area contributed by atoms with E-state index in [1.165, 1.54) is 12.1 Å². The van der Waals surface area contributed by atoms with Gasteiger partial charge in [0.05, 0.1) is 20.0 Å². The third-order valence-electron chi connectivity index (χ3n) is 4.14. The summed E-state index contributed by atoms with van der Waals surface area (Å²) < 4.78 is 63.3. The SMILES string of the molecule is CCCn1c(=NC(=O)CS(=O)(=O)c2ccc(F)cc2)sc2cc(S(N)(=O)=O)ccc21. The van der Waals surface area contributed by atoms with E-state index in [2.05, 4.69) is 4.99 Å². The van der Waals surface area contributed by atoms with Gasteiger partial charge in [-0.3, -0.25) is 4.79 Å². The largest absolute Gasteiger partial charge is 0.316 e. The van der Waals surface area contributed by atoms with Gasteiger partial charge in [0, 0.05) is 6.54 Å². The van der Waals surface area contributed by atoms with E-state index in [1.807, 2.05) is 6.92 Å². The van der Waals surface area contributed by atoms with Crippen LogP contribution in [0.3, 0.4) is 0 Å². The predicted molar refractivity (Wildman–Crippen MR) is 111 cm³/mol. The summed E-state index contributed by atoms with van der Waals surface area (Å²) in [5.41, 5.74) is 0.655. The molecule has 1 amide bonds. The van der Waals surface area contributed by atoms with Crippen molar-refractivity contribution in [1.29, 1.82) is 0 Å². The lowest BCUT2D eigenvalue weighted by Gasteiger charge is -2.04. The number of benzene rings is 2. The fourth-order valence-electron chi connectivity index (χ4n) is 2.78. The van der Waals surface area contributed by atoms with Gasteiger partial charge >= 0.3 is 0 Å². The first-order chi connectivity index (χ1) is 14.0. The molecular formula is C18H18FN3O5S3. The van der Waals surface area contributed by atoms with Gasteiger partial charge in [0.1, 0.15) is 11.6 Å². The molecule has 30 heavy (non-hydrogen) atoms. The lowest BCUT2D eigenvalue weighted by atomic mass is 10.3. The highest BCUT2D eigenvalue weighted by Gasteiger charge is 2.20. The highest BCUT2D eigenvalue weighted by atomic mass is 32.2. The van der Waals surface area contributed by atoms with Gasteiger partial charge in [-0.1, -0.05) is 18.3 Å². The number of halogens is 1. The number of primary sulfonamides is 1. The van der Waals surface area contributed by atoms with Crippen molar-refractivity contribution in [3.63, 3.8) is 0 Å². The third-order valence-corrected chi connectivity index (χ3v) is 7.71. The quantitative estimate of drug-likeness (QED) is 0.548. The minimum Gasteiger partial charge on any atom is -0.316 e. The Labute approximate surface area is 176 Å². The van der Waals surface area contributed by atoms with Crippen LogP contribution in [0.25, 0.3) is 10.2 Å². The lowest BCUT2D eigenvalue weighted by molar-refractivity contribution is -0.115. The number of amides is 1. The third kappa shape index (κ3) is 4.83. The molecule has 0 saturated carbocycles. The fourth-order valence-corrected chi connectivity index (χ4v) is 5.62. The topological polar surface area (TPSA) is 129 Å². The maximum absolute atomic E-state index is 13.0. The van der Waals surface area contributed by atoms with Crippen LogP contribution in [0.15, 0.2) is 57.2 Å². The molecular weight excluding hydrogens is 453 g/mol. The van der Waals surface area contributed by atoms with Gasteiger partial charge in [0.2, 0.25) is 10.0 Å². The number of hydrogen-bond donors (Lipinski definition) is 1. The number of sulfonamides is 1. The number of aromatic nitrogens is 1. The van der Waals surface area contributed by atoms with Crippen molar-refractivity contribution in [2.45, 2.75) is 29.7 Å². The summed E-state index contributed by atoms with van der Waals surface area (Å²) in [7, 11) is -7.89. The molecule has 0 aliphatic carbocycles. The first-order valence-electron chi connectivity index (χ1n) is 8.73. The summed E-state index contributed by atoms with van der Waals surface area (Å²) in [4.78, 5) is 16.3. The van der Waals surface area contributed by atoms with Gasteiger partial charge in [0.15, 0.2) is 14.6 Å². The van der Waals surface area contributed by atoms with Gasteiger partial charge in [-0.15, -0.1) is 0 Å². The van der Waals surface area contributed by atoms with Crippen LogP contribution in [-0.2, 0) is 31.2 Å². The van der Waals surface area contributed by atoms with Crippen molar-refractivity contribution in [3.05, 3.63) is 53.1 Å². The van der Waals surface area contributed by atoms with Crippen LogP contribution >= 0.6 is 11.3 Å². The Morgan fingerprint density at radius 2 is 1.73 bits per heavy atom. The molecule has 0 radical (unpaired) electrons. The van der Waals surface area contributed by atoms with Crippen molar-refractivity contribution in [3.8, 4) is 0 Å². The van der Waals surface area contributed by atoms with Crippen LogP contribution in [0.5, 0.6) is 0 Å². The normalized spacial score (nSPS) is 13.1. The van der Waals surface area contributed by atoms with Crippen LogP contribution in [0.2, 0.25) is 0 Å². The molecule has 0 atom stereocenters. The first-order valence-corrected chi connectivity index (χ1v) is 12.7. The van der Waals surface area contributed by atoms with Crippen LogP contribution < -0.4 is 9.94 Å². The summed E-state index contributed by atoms with van der Waals surface area (Å²) in [6.07, 6.45) is 0.706. The second-order valence-electron chi connectivity index (χ2n) is 6.43. The summed E-state index contributed by atoms with van der Waals surface area (Å²) in [6.45, 7) is 2.41. The standard InChI is InChI=1S/C18H18FN3O5S3/c1-2-9-22-15-8-7-14(30(20,26)27)10-16(15)28-18(22)21-17(23)11-29(24,25)13-5-3-12(19)4-6-13/h3-8,10H,2,9,11H2,1H3,(H2,20,26,27). The Hall–Kier alpha value is -2.41. The molecule has 1 heterocycles. The van der Waals surface area contributed by atoms with Gasteiger partial charge < -0.3 is 4.57 Å². The van der Waals surface area contributed by atoms with Crippen molar-refractivity contribution < 1.29 is 26.0 Å². The molecule has 1 aromatic heterocycles. The average Bonchev–Trinajstić information content (AvgIpc) is 2.97. The molecule has 0 unspecified atom stereocenters. The Balaban J connectivity index is 2.02. The average molecular weight is 472 g/mol. The van der Waals surface area contributed by atoms with Crippen LogP contribution in [0.1, 0.15) is 13.3 Å². The second kappa shape index (κ2) is 8.38. The number of thiazole rings is 1. The molecule has 8 nitrogen and oxygen atoms in total.